The van der Waals surface area contributed by atoms with Gasteiger partial charge in [-0.05, 0) is 50.3 Å². The van der Waals surface area contributed by atoms with Crippen LogP contribution in [0.25, 0.3) is 10.8 Å². The van der Waals surface area contributed by atoms with Gasteiger partial charge in [0.15, 0.2) is 0 Å². The number of hydrogen-bond acceptors (Lipinski definition) is 4. The zero-order chi connectivity index (χ0) is 18.7. The third-order valence-corrected chi connectivity index (χ3v) is 6.10. The van der Waals surface area contributed by atoms with E-state index in [1.54, 1.807) is 6.20 Å². The Balaban J connectivity index is 1.67. The number of benzene rings is 1. The van der Waals surface area contributed by atoms with Crippen LogP contribution in [0.15, 0.2) is 30.6 Å². The lowest BCUT2D eigenvalue weighted by Crippen LogP contribution is -2.36. The largest absolute Gasteiger partial charge is 0.371 e. The van der Waals surface area contributed by atoms with Crippen molar-refractivity contribution in [3.05, 3.63) is 30.6 Å². The normalized spacial score (nSPS) is 19.4. The Hall–Kier alpha value is -2.61. The van der Waals surface area contributed by atoms with Crippen LogP contribution in [0.5, 0.6) is 0 Å². The Morgan fingerprint density at radius 1 is 1.04 bits per heavy atom. The fourth-order valence-corrected chi connectivity index (χ4v) is 4.48. The van der Waals surface area contributed by atoms with E-state index in [0.29, 0.717) is 12.8 Å². The SMILES string of the molecule is N#CC1(C(=O)Nc2ccc(N3CCCCC3)c3ccncc23)CCCCC1. The fourth-order valence-electron chi connectivity index (χ4n) is 4.48. The second-order valence-corrected chi connectivity index (χ2v) is 7.81. The summed E-state index contributed by atoms with van der Waals surface area (Å²) in [6.07, 6.45) is 11.6. The van der Waals surface area contributed by atoms with Crippen LogP contribution in [-0.4, -0.2) is 24.0 Å². The summed E-state index contributed by atoms with van der Waals surface area (Å²) >= 11 is 0. The van der Waals surface area contributed by atoms with Gasteiger partial charge in [-0.2, -0.15) is 5.26 Å². The van der Waals surface area contributed by atoms with Gasteiger partial charge in [0.25, 0.3) is 0 Å². The van der Waals surface area contributed by atoms with E-state index in [2.05, 4.69) is 27.3 Å². The number of nitrogens with zero attached hydrogens (tertiary/aromatic N) is 3. The minimum Gasteiger partial charge on any atom is -0.371 e. The van der Waals surface area contributed by atoms with Crippen LogP contribution in [0, 0.1) is 16.7 Å². The Morgan fingerprint density at radius 2 is 1.78 bits per heavy atom. The monoisotopic (exact) mass is 362 g/mol. The smallest absolute Gasteiger partial charge is 0.244 e. The first-order valence-electron chi connectivity index (χ1n) is 10.1. The number of amides is 1. The summed E-state index contributed by atoms with van der Waals surface area (Å²) in [6.45, 7) is 2.14. The molecule has 5 nitrogen and oxygen atoms in total. The van der Waals surface area contributed by atoms with E-state index in [9.17, 15) is 10.1 Å². The molecule has 140 valence electrons. The van der Waals surface area contributed by atoms with E-state index in [1.165, 1.54) is 24.9 Å². The van der Waals surface area contributed by atoms with Crippen molar-refractivity contribution < 1.29 is 4.79 Å². The number of pyridine rings is 1. The van der Waals surface area contributed by atoms with Crippen LogP contribution < -0.4 is 10.2 Å². The third kappa shape index (κ3) is 3.37. The minimum absolute atomic E-state index is 0.166. The predicted molar refractivity (Wildman–Crippen MR) is 108 cm³/mol. The number of carbonyl (C=O) groups excluding carboxylic acids is 1. The lowest BCUT2D eigenvalue weighted by atomic mass is 9.74. The molecule has 4 rings (SSSR count). The van der Waals surface area contributed by atoms with Crippen LogP contribution in [-0.2, 0) is 4.79 Å². The molecule has 1 aromatic carbocycles. The standard InChI is InChI=1S/C22H26N4O/c23-16-22(10-3-1-4-11-22)21(27)25-19-7-8-20(26-13-5-2-6-14-26)17-9-12-24-15-18(17)19/h7-9,12,15H,1-6,10-11,13-14H2,(H,25,27). The van der Waals surface area contributed by atoms with Crippen molar-refractivity contribution in [1.29, 1.82) is 5.26 Å². The van der Waals surface area contributed by atoms with Gasteiger partial charge in [0.1, 0.15) is 5.41 Å². The fraction of sp³-hybridized carbons (Fsp3) is 0.500. The average Bonchev–Trinajstić information content (AvgIpc) is 2.75. The van der Waals surface area contributed by atoms with Gasteiger partial charge >= 0.3 is 0 Å². The molecule has 27 heavy (non-hydrogen) atoms. The molecule has 2 fully saturated rings. The highest BCUT2D eigenvalue weighted by Gasteiger charge is 2.40. The quantitative estimate of drug-likeness (QED) is 0.864. The molecule has 2 aromatic rings. The number of carbonyl (C=O) groups is 1. The van der Waals surface area contributed by atoms with Crippen molar-refractivity contribution in [2.75, 3.05) is 23.3 Å². The van der Waals surface area contributed by atoms with Gasteiger partial charge in [0.2, 0.25) is 5.91 Å². The lowest BCUT2D eigenvalue weighted by Gasteiger charge is -2.31. The van der Waals surface area contributed by atoms with Crippen LogP contribution in [0.4, 0.5) is 11.4 Å². The molecule has 0 bridgehead atoms. The molecule has 1 amide bonds. The van der Waals surface area contributed by atoms with Gasteiger partial charge in [-0.1, -0.05) is 19.3 Å². The molecule has 2 aliphatic rings. The molecule has 1 N–H and O–H groups in total. The highest BCUT2D eigenvalue weighted by Crippen LogP contribution is 2.38. The summed E-state index contributed by atoms with van der Waals surface area (Å²) in [5.74, 6) is -0.166. The molecule has 0 radical (unpaired) electrons. The second-order valence-electron chi connectivity index (χ2n) is 7.81. The van der Waals surface area contributed by atoms with Crippen molar-refractivity contribution in [2.24, 2.45) is 5.41 Å². The summed E-state index contributed by atoms with van der Waals surface area (Å²) in [7, 11) is 0. The zero-order valence-electron chi connectivity index (χ0n) is 15.7. The van der Waals surface area contributed by atoms with Gasteiger partial charge in [0.05, 0.1) is 11.8 Å². The maximum Gasteiger partial charge on any atom is 0.244 e. The number of aromatic nitrogens is 1. The molecular weight excluding hydrogens is 336 g/mol. The Bertz CT molecular complexity index is 874. The number of hydrogen-bond donors (Lipinski definition) is 1. The molecule has 1 saturated carbocycles. The van der Waals surface area contributed by atoms with E-state index in [-0.39, 0.29) is 5.91 Å². The highest BCUT2D eigenvalue weighted by atomic mass is 16.2. The highest BCUT2D eigenvalue weighted by molar-refractivity contribution is 6.08. The van der Waals surface area contributed by atoms with Crippen LogP contribution in [0.3, 0.4) is 0 Å². The molecule has 1 aromatic heterocycles. The summed E-state index contributed by atoms with van der Waals surface area (Å²) in [5.41, 5.74) is 1.07. The van der Waals surface area contributed by atoms with Crippen LogP contribution in [0.2, 0.25) is 0 Å². The van der Waals surface area contributed by atoms with Crippen molar-refractivity contribution in [2.45, 2.75) is 51.4 Å². The number of rotatable bonds is 3. The van der Waals surface area contributed by atoms with E-state index >= 15 is 0 Å². The molecule has 5 heteroatoms. The summed E-state index contributed by atoms with van der Waals surface area (Å²) < 4.78 is 0. The number of fused-ring (bicyclic) bond motifs is 1. The van der Waals surface area contributed by atoms with E-state index < -0.39 is 5.41 Å². The molecule has 1 saturated heterocycles. The maximum atomic E-state index is 13.0. The summed E-state index contributed by atoms with van der Waals surface area (Å²) in [6, 6.07) is 8.41. The van der Waals surface area contributed by atoms with Gasteiger partial charge in [-0.3, -0.25) is 9.78 Å². The molecule has 0 spiro atoms. The average molecular weight is 362 g/mol. The molecule has 0 unspecified atom stereocenters. The third-order valence-electron chi connectivity index (χ3n) is 6.10. The topological polar surface area (TPSA) is 69.0 Å². The number of nitrogens with one attached hydrogen (secondary N) is 1. The lowest BCUT2D eigenvalue weighted by molar-refractivity contribution is -0.124. The first-order chi connectivity index (χ1) is 13.2. The van der Waals surface area contributed by atoms with Gasteiger partial charge in [-0.25, -0.2) is 0 Å². The summed E-state index contributed by atoms with van der Waals surface area (Å²) in [5, 5.41) is 14.8. The number of piperidine rings is 1. The predicted octanol–water partition coefficient (Wildman–Crippen LogP) is 4.64. The van der Waals surface area contributed by atoms with Gasteiger partial charge in [0, 0.05) is 41.9 Å². The van der Waals surface area contributed by atoms with Crippen LogP contribution >= 0.6 is 0 Å². The first-order valence-corrected chi connectivity index (χ1v) is 10.1. The molecule has 0 atom stereocenters. The van der Waals surface area contributed by atoms with Crippen molar-refractivity contribution >= 4 is 28.1 Å². The van der Waals surface area contributed by atoms with E-state index in [1.807, 2.05) is 18.3 Å². The summed E-state index contributed by atoms with van der Waals surface area (Å²) in [4.78, 5) is 19.7. The van der Waals surface area contributed by atoms with Crippen molar-refractivity contribution in [1.82, 2.24) is 4.98 Å². The van der Waals surface area contributed by atoms with Crippen molar-refractivity contribution in [3.8, 4) is 6.07 Å². The van der Waals surface area contributed by atoms with E-state index in [0.717, 1.165) is 48.8 Å². The van der Waals surface area contributed by atoms with E-state index in [4.69, 9.17) is 0 Å². The zero-order valence-corrected chi connectivity index (χ0v) is 15.7. The Labute approximate surface area is 160 Å². The second kappa shape index (κ2) is 7.56. The number of nitriles is 1. The molecule has 2 heterocycles. The Morgan fingerprint density at radius 3 is 2.52 bits per heavy atom. The van der Waals surface area contributed by atoms with Gasteiger partial charge < -0.3 is 10.2 Å². The number of anilines is 2. The Kier molecular flexibility index (Phi) is 4.98. The van der Waals surface area contributed by atoms with Crippen LogP contribution in [0.1, 0.15) is 51.4 Å². The molecule has 1 aliphatic carbocycles. The molecule has 1 aliphatic heterocycles. The minimum atomic E-state index is -0.891. The van der Waals surface area contributed by atoms with Gasteiger partial charge in [-0.15, -0.1) is 0 Å². The maximum absolute atomic E-state index is 13.0. The molecular formula is C22H26N4O. The van der Waals surface area contributed by atoms with Crippen molar-refractivity contribution in [3.63, 3.8) is 0 Å². The first kappa shape index (κ1) is 17.8.